The second kappa shape index (κ2) is 9.45. The van der Waals surface area contributed by atoms with Gasteiger partial charge in [0.1, 0.15) is 0 Å². The third-order valence-corrected chi connectivity index (χ3v) is 5.99. The summed E-state index contributed by atoms with van der Waals surface area (Å²) in [5.41, 5.74) is 0.900. The van der Waals surface area contributed by atoms with Crippen molar-refractivity contribution in [3.05, 3.63) is 41.9 Å². The first-order valence-corrected chi connectivity index (χ1v) is 10.6. The van der Waals surface area contributed by atoms with Gasteiger partial charge < -0.3 is 9.73 Å². The minimum Gasteiger partial charge on any atom is -0.424 e. The first kappa shape index (κ1) is 20.0. The molecule has 0 spiro atoms. The van der Waals surface area contributed by atoms with E-state index in [1.807, 2.05) is 25.1 Å². The highest BCUT2D eigenvalue weighted by Crippen LogP contribution is 2.24. The number of amides is 1. The normalized spacial score (nSPS) is 21.9. The van der Waals surface area contributed by atoms with E-state index < -0.39 is 0 Å². The van der Waals surface area contributed by atoms with Gasteiger partial charge in [-0.2, -0.15) is 0 Å². The fourth-order valence-electron chi connectivity index (χ4n) is 4.41. The first-order valence-electron chi connectivity index (χ1n) is 10.6. The molecule has 2 saturated heterocycles. The Balaban J connectivity index is 1.23. The number of pyridine rings is 1. The fraction of sp³-hybridized carbons (Fsp3) is 0.619. The summed E-state index contributed by atoms with van der Waals surface area (Å²) in [5, 5.41) is 11.1. The highest BCUT2D eigenvalue weighted by atomic mass is 16.4. The largest absolute Gasteiger partial charge is 0.424 e. The summed E-state index contributed by atoms with van der Waals surface area (Å²) in [5.74, 6) is 1.55. The van der Waals surface area contributed by atoms with Crippen LogP contribution in [0.1, 0.15) is 43.2 Å². The van der Waals surface area contributed by atoms with Crippen LogP contribution in [0.3, 0.4) is 0 Å². The minimum atomic E-state index is 0.0758. The monoisotopic (exact) mass is 398 g/mol. The molecule has 1 atom stereocenters. The van der Waals surface area contributed by atoms with E-state index in [1.165, 1.54) is 0 Å². The number of carbonyl (C=O) groups is 1. The van der Waals surface area contributed by atoms with Crippen LogP contribution in [0.4, 0.5) is 0 Å². The van der Waals surface area contributed by atoms with Crippen LogP contribution in [0.15, 0.2) is 28.8 Å². The van der Waals surface area contributed by atoms with E-state index in [2.05, 4.69) is 30.3 Å². The number of likely N-dealkylation sites (tertiary alicyclic amines) is 2. The molecule has 2 aliphatic heterocycles. The summed E-state index contributed by atoms with van der Waals surface area (Å²) in [4.78, 5) is 21.8. The van der Waals surface area contributed by atoms with Crippen molar-refractivity contribution in [1.82, 2.24) is 30.3 Å². The van der Waals surface area contributed by atoms with Crippen LogP contribution >= 0.6 is 0 Å². The number of nitrogens with zero attached hydrogens (tertiary/aromatic N) is 5. The lowest BCUT2D eigenvalue weighted by Gasteiger charge is -2.41. The van der Waals surface area contributed by atoms with Crippen LogP contribution in [0.25, 0.3) is 0 Å². The topological polar surface area (TPSA) is 87.4 Å². The smallest absolute Gasteiger partial charge is 0.230 e. The molecule has 2 aromatic heterocycles. The summed E-state index contributed by atoms with van der Waals surface area (Å²) in [7, 11) is 0. The highest BCUT2D eigenvalue weighted by molar-refractivity contribution is 5.78. The van der Waals surface area contributed by atoms with Crippen molar-refractivity contribution in [3.8, 4) is 0 Å². The molecule has 156 valence electrons. The Kier molecular flexibility index (Phi) is 6.51. The zero-order chi connectivity index (χ0) is 20.1. The lowest BCUT2D eigenvalue weighted by Crippen LogP contribution is -2.50. The molecule has 0 bridgehead atoms. The Bertz CT molecular complexity index is 787. The standard InChI is InChI=1S/C21H30N6O2/c1-16-24-25-20(29-16)15-26-11-7-19(8-12-26)27-10-4-5-17(14-27)21(28)23-13-18-6-2-3-9-22-18/h2-3,6,9,17,19H,4-5,7-8,10-15H2,1H3,(H,23,28)/t17-/m1/s1. The third-order valence-electron chi connectivity index (χ3n) is 5.99. The van der Waals surface area contributed by atoms with Crippen molar-refractivity contribution in [2.24, 2.45) is 5.92 Å². The highest BCUT2D eigenvalue weighted by Gasteiger charge is 2.31. The van der Waals surface area contributed by atoms with Crippen molar-refractivity contribution in [1.29, 1.82) is 0 Å². The van der Waals surface area contributed by atoms with Crippen LogP contribution < -0.4 is 5.32 Å². The Morgan fingerprint density at radius 1 is 1.21 bits per heavy atom. The number of nitrogens with one attached hydrogen (secondary N) is 1. The van der Waals surface area contributed by atoms with Gasteiger partial charge in [0.15, 0.2) is 0 Å². The van der Waals surface area contributed by atoms with Crippen LogP contribution in [-0.2, 0) is 17.9 Å². The molecule has 4 heterocycles. The van der Waals surface area contributed by atoms with Gasteiger partial charge in [0.05, 0.1) is 24.7 Å². The molecule has 0 unspecified atom stereocenters. The molecule has 0 saturated carbocycles. The SMILES string of the molecule is Cc1nnc(CN2CCC(N3CCC[C@@H](C(=O)NCc4ccccn4)C3)CC2)o1. The van der Waals surface area contributed by atoms with Crippen LogP contribution in [0.5, 0.6) is 0 Å². The van der Waals surface area contributed by atoms with Gasteiger partial charge in [-0.15, -0.1) is 10.2 Å². The fourth-order valence-corrected chi connectivity index (χ4v) is 4.41. The van der Waals surface area contributed by atoms with E-state index in [9.17, 15) is 4.79 Å². The van der Waals surface area contributed by atoms with Gasteiger partial charge in [0, 0.05) is 38.8 Å². The van der Waals surface area contributed by atoms with E-state index in [1.54, 1.807) is 6.20 Å². The Morgan fingerprint density at radius 2 is 2.07 bits per heavy atom. The number of carbonyl (C=O) groups excluding carboxylic acids is 1. The number of rotatable bonds is 6. The van der Waals surface area contributed by atoms with Crippen molar-refractivity contribution >= 4 is 5.91 Å². The second-order valence-corrected chi connectivity index (χ2v) is 8.10. The average Bonchev–Trinajstić information content (AvgIpc) is 3.18. The van der Waals surface area contributed by atoms with Crippen molar-refractivity contribution in [2.75, 3.05) is 26.2 Å². The van der Waals surface area contributed by atoms with Crippen LogP contribution in [0.2, 0.25) is 0 Å². The van der Waals surface area contributed by atoms with Gasteiger partial charge in [-0.1, -0.05) is 6.07 Å². The molecule has 0 radical (unpaired) electrons. The average molecular weight is 399 g/mol. The summed E-state index contributed by atoms with van der Waals surface area (Å²) in [6, 6.07) is 6.33. The zero-order valence-electron chi connectivity index (χ0n) is 17.1. The van der Waals surface area contributed by atoms with Gasteiger partial charge in [0.2, 0.25) is 17.7 Å². The molecule has 0 aliphatic carbocycles. The number of aromatic nitrogens is 3. The predicted molar refractivity (Wildman–Crippen MR) is 108 cm³/mol. The van der Waals surface area contributed by atoms with Gasteiger partial charge >= 0.3 is 0 Å². The molecule has 2 fully saturated rings. The molecular formula is C21H30N6O2. The second-order valence-electron chi connectivity index (χ2n) is 8.10. The summed E-state index contributed by atoms with van der Waals surface area (Å²) < 4.78 is 5.50. The van der Waals surface area contributed by atoms with Crippen molar-refractivity contribution in [2.45, 2.75) is 51.7 Å². The van der Waals surface area contributed by atoms with Gasteiger partial charge in [0.25, 0.3) is 0 Å². The Morgan fingerprint density at radius 3 is 2.79 bits per heavy atom. The Hall–Kier alpha value is -2.32. The summed E-state index contributed by atoms with van der Waals surface area (Å²) in [6.07, 6.45) is 6.06. The van der Waals surface area contributed by atoms with Gasteiger partial charge in [-0.3, -0.25) is 19.6 Å². The van der Waals surface area contributed by atoms with E-state index in [0.717, 1.165) is 64.1 Å². The van der Waals surface area contributed by atoms with Crippen LogP contribution in [0, 0.1) is 12.8 Å². The van der Waals surface area contributed by atoms with E-state index in [4.69, 9.17) is 4.42 Å². The maximum atomic E-state index is 12.7. The molecular weight excluding hydrogens is 368 g/mol. The molecule has 0 aromatic carbocycles. The quantitative estimate of drug-likeness (QED) is 0.793. The minimum absolute atomic E-state index is 0.0758. The van der Waals surface area contributed by atoms with E-state index in [0.29, 0.717) is 24.4 Å². The van der Waals surface area contributed by atoms with E-state index in [-0.39, 0.29) is 11.8 Å². The predicted octanol–water partition coefficient (Wildman–Crippen LogP) is 1.77. The number of hydrogen-bond donors (Lipinski definition) is 1. The van der Waals surface area contributed by atoms with Gasteiger partial charge in [-0.25, -0.2) is 0 Å². The van der Waals surface area contributed by atoms with Crippen LogP contribution in [-0.4, -0.2) is 63.1 Å². The number of aryl methyl sites for hydroxylation is 1. The van der Waals surface area contributed by atoms with Gasteiger partial charge in [-0.05, 0) is 44.4 Å². The summed E-state index contributed by atoms with van der Waals surface area (Å²) >= 11 is 0. The molecule has 2 aliphatic rings. The molecule has 4 rings (SSSR count). The molecule has 8 heteroatoms. The number of piperidine rings is 2. The van der Waals surface area contributed by atoms with E-state index >= 15 is 0 Å². The maximum absolute atomic E-state index is 12.7. The zero-order valence-corrected chi connectivity index (χ0v) is 17.1. The first-order chi connectivity index (χ1) is 14.2. The molecule has 8 nitrogen and oxygen atoms in total. The van der Waals surface area contributed by atoms with Crippen molar-refractivity contribution < 1.29 is 9.21 Å². The Labute approximate surface area is 171 Å². The lowest BCUT2D eigenvalue weighted by molar-refractivity contribution is -0.127. The third kappa shape index (κ3) is 5.39. The number of hydrogen-bond acceptors (Lipinski definition) is 7. The van der Waals surface area contributed by atoms with Crippen molar-refractivity contribution in [3.63, 3.8) is 0 Å². The molecule has 1 amide bonds. The lowest BCUT2D eigenvalue weighted by atomic mass is 9.93. The molecule has 2 aromatic rings. The summed E-state index contributed by atoms with van der Waals surface area (Å²) in [6.45, 7) is 7.06. The molecule has 29 heavy (non-hydrogen) atoms. The molecule has 1 N–H and O–H groups in total. The maximum Gasteiger partial charge on any atom is 0.230 e.